The molecule has 210 valence electrons. The average Bonchev–Trinajstić information content (AvgIpc) is 3.56. The first-order valence-electron chi connectivity index (χ1n) is 13.7. The summed E-state index contributed by atoms with van der Waals surface area (Å²) >= 11 is 0. The van der Waals surface area contributed by atoms with E-state index in [9.17, 15) is 14.4 Å². The molecular weight excluding hydrogens is 500 g/mol. The lowest BCUT2D eigenvalue weighted by atomic mass is 9.86. The van der Waals surface area contributed by atoms with Gasteiger partial charge in [-0.15, -0.1) is 0 Å². The van der Waals surface area contributed by atoms with Crippen molar-refractivity contribution in [2.24, 2.45) is 5.92 Å². The highest BCUT2D eigenvalue weighted by molar-refractivity contribution is 5.83. The van der Waals surface area contributed by atoms with Crippen LogP contribution in [0.15, 0.2) is 31.4 Å². The van der Waals surface area contributed by atoms with Gasteiger partial charge in [0.2, 0.25) is 0 Å². The van der Waals surface area contributed by atoms with Gasteiger partial charge >= 0.3 is 12.2 Å². The van der Waals surface area contributed by atoms with E-state index < -0.39 is 0 Å². The first kappa shape index (κ1) is 28.2. The van der Waals surface area contributed by atoms with Crippen molar-refractivity contribution in [3.63, 3.8) is 0 Å². The van der Waals surface area contributed by atoms with E-state index in [-0.39, 0.29) is 67.7 Å². The van der Waals surface area contributed by atoms with Gasteiger partial charge in [0.15, 0.2) is 0 Å². The van der Waals surface area contributed by atoms with Crippen LogP contribution in [-0.2, 0) is 14.3 Å². The van der Waals surface area contributed by atoms with E-state index in [1.54, 1.807) is 17.1 Å². The Morgan fingerprint density at radius 1 is 0.974 bits per heavy atom. The number of ether oxygens (including phenoxy) is 2. The van der Waals surface area contributed by atoms with Crippen LogP contribution in [0.5, 0.6) is 0 Å². The highest BCUT2D eigenvalue weighted by Gasteiger charge is 2.46. The molecule has 4 atom stereocenters. The lowest BCUT2D eigenvalue weighted by Crippen LogP contribution is -2.48. The molecule has 4 bridgehead atoms. The van der Waals surface area contributed by atoms with Crippen LogP contribution in [0.2, 0.25) is 0 Å². The molecule has 5 rings (SSSR count). The third kappa shape index (κ3) is 6.44. The average molecular weight is 539 g/mol. The van der Waals surface area contributed by atoms with Crippen LogP contribution in [0.1, 0.15) is 69.4 Å². The van der Waals surface area contributed by atoms with Crippen molar-refractivity contribution in [1.82, 2.24) is 20.0 Å². The number of hydrogen-bond donors (Lipinski definition) is 2. The number of nitriles is 1. The van der Waals surface area contributed by atoms with E-state index in [4.69, 9.17) is 20.5 Å². The molecule has 39 heavy (non-hydrogen) atoms. The number of nitrogens with two attached hydrogens (primary N) is 1. The smallest absolute Gasteiger partial charge is 0.410 e. The third-order valence-electron chi connectivity index (χ3n) is 8.30. The van der Waals surface area contributed by atoms with Gasteiger partial charge in [-0.1, -0.05) is 25.3 Å². The predicted molar refractivity (Wildman–Crippen MR) is 143 cm³/mol. The summed E-state index contributed by atoms with van der Waals surface area (Å²) in [5, 5.41) is 15.6. The minimum atomic E-state index is -0.307. The standard InChI is InChI=1S/C14H20N4O2.C14H18N2O3/c1-2-5-20-14(19)18-10-3-4-11(18)7-9(6-10)12-8-13(15)17-16-12;1-2-7-19-14(18)16-11-3-4-12(16)9-10(8-11)13(17)5-6-15/h2,8-11H,1,3-7H2,(H3,15,16,17);2,10-12H,1,3-5,7-9H2. The number of nitrogens with one attached hydrogen (secondary N) is 1. The summed E-state index contributed by atoms with van der Waals surface area (Å²) in [6.07, 6.45) is 9.77. The van der Waals surface area contributed by atoms with Crippen LogP contribution in [-0.4, -0.2) is 75.3 Å². The minimum Gasteiger partial charge on any atom is -0.445 e. The van der Waals surface area contributed by atoms with Crippen LogP contribution in [0, 0.1) is 17.2 Å². The summed E-state index contributed by atoms with van der Waals surface area (Å²) in [6.45, 7) is 7.57. The monoisotopic (exact) mass is 538 g/mol. The fraction of sp³-hybridized carbons (Fsp3) is 0.607. The maximum Gasteiger partial charge on any atom is 0.410 e. The van der Waals surface area contributed by atoms with Crippen molar-refractivity contribution in [3.8, 4) is 6.07 Å². The van der Waals surface area contributed by atoms with Crippen LogP contribution in [0.3, 0.4) is 0 Å². The molecule has 0 aliphatic carbocycles. The molecule has 5 heterocycles. The maximum atomic E-state index is 12.1. The SMILES string of the molecule is C=CCOC(=O)N1C2CCC1CC(C(=O)CC#N)C2.C=CCOC(=O)N1C2CCC1CC(c1cc(N)n[nH]1)C2. The molecule has 11 nitrogen and oxygen atoms in total. The molecule has 4 aliphatic rings. The molecule has 11 heteroatoms. The summed E-state index contributed by atoms with van der Waals surface area (Å²) in [6, 6.07) is 4.51. The van der Waals surface area contributed by atoms with Gasteiger partial charge in [-0.05, 0) is 51.4 Å². The number of rotatable bonds is 7. The number of Topliss-reactive ketones (excluding diaryl/α,β-unsaturated/α-hetero) is 1. The van der Waals surface area contributed by atoms with Crippen LogP contribution < -0.4 is 5.73 Å². The molecule has 0 aromatic carbocycles. The third-order valence-corrected chi connectivity index (χ3v) is 8.30. The molecule has 2 amide bonds. The van der Waals surface area contributed by atoms with E-state index in [2.05, 4.69) is 23.4 Å². The number of carbonyl (C=O) groups is 3. The van der Waals surface area contributed by atoms with E-state index in [0.29, 0.717) is 24.6 Å². The Bertz CT molecular complexity index is 1080. The number of piperidine rings is 2. The number of ketones is 1. The Kier molecular flexibility index (Phi) is 9.28. The fourth-order valence-corrected chi connectivity index (χ4v) is 6.66. The molecule has 4 unspecified atom stereocenters. The van der Waals surface area contributed by atoms with Crippen molar-refractivity contribution < 1.29 is 23.9 Å². The Morgan fingerprint density at radius 2 is 1.46 bits per heavy atom. The molecule has 0 saturated carbocycles. The van der Waals surface area contributed by atoms with Crippen molar-refractivity contribution >= 4 is 23.8 Å². The van der Waals surface area contributed by atoms with Gasteiger partial charge in [0.05, 0.1) is 12.5 Å². The van der Waals surface area contributed by atoms with Crippen LogP contribution in [0.4, 0.5) is 15.4 Å². The number of aromatic nitrogens is 2. The summed E-state index contributed by atoms with van der Waals surface area (Å²) in [4.78, 5) is 39.5. The molecular formula is C28H38N6O5. The zero-order chi connectivity index (χ0) is 27.9. The van der Waals surface area contributed by atoms with Crippen LogP contribution >= 0.6 is 0 Å². The Morgan fingerprint density at radius 3 is 1.87 bits per heavy atom. The van der Waals surface area contributed by atoms with E-state index in [1.807, 2.05) is 17.0 Å². The normalized spacial score (nSPS) is 28.5. The van der Waals surface area contributed by atoms with Gasteiger partial charge in [0.25, 0.3) is 0 Å². The van der Waals surface area contributed by atoms with Crippen molar-refractivity contribution in [2.75, 3.05) is 18.9 Å². The zero-order valence-corrected chi connectivity index (χ0v) is 22.3. The van der Waals surface area contributed by atoms with E-state index in [1.165, 1.54) is 0 Å². The summed E-state index contributed by atoms with van der Waals surface area (Å²) in [5.41, 5.74) is 6.75. The van der Waals surface area contributed by atoms with E-state index in [0.717, 1.165) is 44.2 Å². The van der Waals surface area contributed by atoms with Gasteiger partial charge in [-0.3, -0.25) is 9.89 Å². The summed E-state index contributed by atoms with van der Waals surface area (Å²) in [5.74, 6) is 0.875. The molecule has 4 aliphatic heterocycles. The first-order chi connectivity index (χ1) is 18.9. The summed E-state index contributed by atoms with van der Waals surface area (Å²) < 4.78 is 10.3. The number of nitrogen functional groups attached to an aromatic ring is 1. The van der Waals surface area contributed by atoms with E-state index >= 15 is 0 Å². The number of carbonyl (C=O) groups excluding carboxylic acids is 3. The Hall–Kier alpha value is -3.81. The van der Waals surface area contributed by atoms with Gasteiger partial charge < -0.3 is 25.0 Å². The second-order valence-corrected chi connectivity index (χ2v) is 10.7. The number of aromatic amines is 1. The molecule has 0 spiro atoms. The molecule has 4 saturated heterocycles. The number of nitrogens with zero attached hydrogens (tertiary/aromatic N) is 4. The molecule has 1 aromatic rings. The van der Waals surface area contributed by atoms with Crippen molar-refractivity contribution in [3.05, 3.63) is 37.1 Å². The molecule has 1 aromatic heterocycles. The largest absolute Gasteiger partial charge is 0.445 e. The fourth-order valence-electron chi connectivity index (χ4n) is 6.66. The lowest BCUT2D eigenvalue weighted by Gasteiger charge is -2.37. The zero-order valence-electron chi connectivity index (χ0n) is 22.3. The molecule has 4 fully saturated rings. The van der Waals surface area contributed by atoms with Crippen molar-refractivity contribution in [2.45, 2.75) is 87.9 Å². The lowest BCUT2D eigenvalue weighted by molar-refractivity contribution is -0.124. The quantitative estimate of drug-likeness (QED) is 0.493. The number of H-pyrrole nitrogens is 1. The number of hydrogen-bond acceptors (Lipinski definition) is 8. The van der Waals surface area contributed by atoms with Crippen LogP contribution in [0.25, 0.3) is 0 Å². The molecule has 3 N–H and O–H groups in total. The second kappa shape index (κ2) is 12.8. The number of amides is 2. The van der Waals surface area contributed by atoms with Crippen molar-refractivity contribution in [1.29, 1.82) is 5.26 Å². The minimum absolute atomic E-state index is 0.0125. The van der Waals surface area contributed by atoms with Gasteiger partial charge in [-0.2, -0.15) is 10.4 Å². The highest BCUT2D eigenvalue weighted by Crippen LogP contribution is 2.43. The Balaban J connectivity index is 0.000000181. The Labute approximate surface area is 229 Å². The summed E-state index contributed by atoms with van der Waals surface area (Å²) in [7, 11) is 0. The highest BCUT2D eigenvalue weighted by atomic mass is 16.6. The first-order valence-corrected chi connectivity index (χ1v) is 13.7. The topological polar surface area (TPSA) is 155 Å². The second-order valence-electron chi connectivity index (χ2n) is 10.7. The van der Waals surface area contributed by atoms with Gasteiger partial charge in [0, 0.05) is 47.8 Å². The number of anilines is 1. The predicted octanol–water partition coefficient (Wildman–Crippen LogP) is 4.06. The van der Waals surface area contributed by atoms with Gasteiger partial charge in [-0.25, -0.2) is 9.59 Å². The van der Waals surface area contributed by atoms with Gasteiger partial charge in [0.1, 0.15) is 24.8 Å². The molecule has 0 radical (unpaired) electrons. The number of fused-ring (bicyclic) bond motifs is 4. The maximum absolute atomic E-state index is 12.1.